The predicted octanol–water partition coefficient (Wildman–Crippen LogP) is 1.24. The summed E-state index contributed by atoms with van der Waals surface area (Å²) in [6.45, 7) is 5.51. The van der Waals surface area contributed by atoms with Gasteiger partial charge in [-0.2, -0.15) is 0 Å². The molecular weight excluding hydrogens is 230 g/mol. The van der Waals surface area contributed by atoms with E-state index in [1.807, 2.05) is 30.9 Å². The predicted molar refractivity (Wildman–Crippen MR) is 74.0 cm³/mol. The van der Waals surface area contributed by atoms with Crippen LogP contribution in [-0.2, 0) is 4.79 Å². The van der Waals surface area contributed by atoms with E-state index in [0.29, 0.717) is 31.1 Å². The van der Waals surface area contributed by atoms with Gasteiger partial charge in [-0.05, 0) is 26.0 Å². The van der Waals surface area contributed by atoms with E-state index in [1.54, 1.807) is 13.2 Å². The van der Waals surface area contributed by atoms with Crippen molar-refractivity contribution in [1.29, 1.82) is 0 Å². The zero-order valence-electron chi connectivity index (χ0n) is 11.2. The van der Waals surface area contributed by atoms with Crippen molar-refractivity contribution < 1.29 is 9.53 Å². The highest BCUT2D eigenvalue weighted by atomic mass is 16.5. The Morgan fingerprint density at radius 2 is 2.17 bits per heavy atom. The lowest BCUT2D eigenvalue weighted by Gasteiger charge is -2.24. The second kappa shape index (κ2) is 6.74. The summed E-state index contributed by atoms with van der Waals surface area (Å²) in [6, 6.07) is 5.56. The zero-order chi connectivity index (χ0) is 13.5. The molecule has 0 aliphatic heterocycles. The molecule has 1 aromatic rings. The van der Waals surface area contributed by atoms with E-state index in [1.165, 1.54) is 0 Å². The lowest BCUT2D eigenvalue weighted by atomic mass is 10.2. The Bertz CT molecular complexity index is 407. The maximum atomic E-state index is 11.6. The highest BCUT2D eigenvalue weighted by Gasteiger charge is 2.14. The summed E-state index contributed by atoms with van der Waals surface area (Å²) in [5.74, 6) is 0.614. The fraction of sp³-hybridized carbons (Fsp3) is 0.462. The molecular formula is C13H21N3O2. The molecule has 5 nitrogen and oxygen atoms in total. The van der Waals surface area contributed by atoms with Crippen molar-refractivity contribution in [3.63, 3.8) is 0 Å². The van der Waals surface area contributed by atoms with E-state index in [9.17, 15) is 4.79 Å². The number of nitrogen functional groups attached to an aromatic ring is 1. The molecule has 0 saturated heterocycles. The largest absolute Gasteiger partial charge is 0.495 e. The monoisotopic (exact) mass is 251 g/mol. The Balaban J connectivity index is 2.91. The molecule has 0 saturated carbocycles. The van der Waals surface area contributed by atoms with Crippen molar-refractivity contribution in [3.8, 4) is 5.75 Å². The first-order valence-electron chi connectivity index (χ1n) is 6.08. The molecule has 0 aromatic heterocycles. The van der Waals surface area contributed by atoms with Gasteiger partial charge >= 0.3 is 0 Å². The number of carbonyl (C=O) groups excluding carboxylic acids is 1. The van der Waals surface area contributed by atoms with E-state index < -0.39 is 0 Å². The Kier molecular flexibility index (Phi) is 5.30. The number of para-hydroxylation sites is 1. The van der Waals surface area contributed by atoms with Gasteiger partial charge in [0.25, 0.3) is 0 Å². The van der Waals surface area contributed by atoms with E-state index in [2.05, 4.69) is 5.32 Å². The van der Waals surface area contributed by atoms with Crippen LogP contribution in [0.2, 0.25) is 0 Å². The molecule has 1 amide bonds. The fourth-order valence-corrected chi connectivity index (χ4v) is 1.78. The number of anilines is 2. The number of benzene rings is 1. The molecule has 18 heavy (non-hydrogen) atoms. The first-order valence-corrected chi connectivity index (χ1v) is 6.08. The van der Waals surface area contributed by atoms with E-state index in [0.717, 1.165) is 5.69 Å². The summed E-state index contributed by atoms with van der Waals surface area (Å²) in [5, 5.41) is 2.78. The molecule has 0 aliphatic rings. The summed E-state index contributed by atoms with van der Waals surface area (Å²) >= 11 is 0. The third-order valence-electron chi connectivity index (χ3n) is 2.69. The maximum absolute atomic E-state index is 11.6. The number of amides is 1. The van der Waals surface area contributed by atoms with Crippen LogP contribution in [0.5, 0.6) is 5.75 Å². The Morgan fingerprint density at radius 1 is 1.44 bits per heavy atom. The van der Waals surface area contributed by atoms with Crippen molar-refractivity contribution in [2.24, 2.45) is 0 Å². The van der Waals surface area contributed by atoms with Gasteiger partial charge in [0, 0.05) is 13.1 Å². The number of nitrogens with zero attached hydrogens (tertiary/aromatic N) is 1. The van der Waals surface area contributed by atoms with Gasteiger partial charge in [0.15, 0.2) is 0 Å². The van der Waals surface area contributed by atoms with Crippen LogP contribution in [0.25, 0.3) is 0 Å². The number of rotatable bonds is 6. The molecule has 0 fully saturated rings. The number of ether oxygens (including phenoxy) is 1. The summed E-state index contributed by atoms with van der Waals surface area (Å²) < 4.78 is 5.18. The molecule has 100 valence electrons. The SMILES string of the molecule is CCNC(=O)CN(CC)c1cccc(OC)c1N. The molecule has 1 rings (SSSR count). The molecule has 0 unspecified atom stereocenters. The average molecular weight is 251 g/mol. The molecule has 3 N–H and O–H groups in total. The molecule has 0 aliphatic carbocycles. The Morgan fingerprint density at radius 3 is 2.72 bits per heavy atom. The standard InChI is InChI=1S/C13H21N3O2/c1-4-15-12(17)9-16(5-2)10-7-6-8-11(18-3)13(10)14/h6-8H,4-5,9,14H2,1-3H3,(H,15,17). The second-order valence-electron chi connectivity index (χ2n) is 3.86. The summed E-state index contributed by atoms with van der Waals surface area (Å²) in [7, 11) is 1.58. The van der Waals surface area contributed by atoms with E-state index in [-0.39, 0.29) is 5.91 Å². The van der Waals surface area contributed by atoms with Crippen LogP contribution < -0.4 is 20.7 Å². The Hall–Kier alpha value is -1.91. The summed E-state index contributed by atoms with van der Waals surface area (Å²) in [4.78, 5) is 13.5. The van der Waals surface area contributed by atoms with Crippen molar-refractivity contribution in [2.75, 3.05) is 37.4 Å². The van der Waals surface area contributed by atoms with Crippen molar-refractivity contribution in [2.45, 2.75) is 13.8 Å². The third kappa shape index (κ3) is 3.29. The molecule has 0 spiro atoms. The Labute approximate surface area is 108 Å². The highest BCUT2D eigenvalue weighted by molar-refractivity contribution is 5.84. The number of nitrogens with two attached hydrogens (primary N) is 1. The maximum Gasteiger partial charge on any atom is 0.239 e. The first-order chi connectivity index (χ1) is 8.63. The summed E-state index contributed by atoms with van der Waals surface area (Å²) in [5.41, 5.74) is 7.41. The van der Waals surface area contributed by atoms with Crippen molar-refractivity contribution in [3.05, 3.63) is 18.2 Å². The molecule has 1 aromatic carbocycles. The normalized spacial score (nSPS) is 9.94. The third-order valence-corrected chi connectivity index (χ3v) is 2.69. The number of likely N-dealkylation sites (N-methyl/N-ethyl adjacent to an activating group) is 2. The molecule has 0 radical (unpaired) electrons. The number of carbonyl (C=O) groups is 1. The van der Waals surface area contributed by atoms with Crippen LogP contribution in [-0.4, -0.2) is 32.7 Å². The van der Waals surface area contributed by atoms with Gasteiger partial charge in [-0.25, -0.2) is 0 Å². The van der Waals surface area contributed by atoms with Crippen LogP contribution in [0.3, 0.4) is 0 Å². The van der Waals surface area contributed by atoms with Gasteiger partial charge in [-0.1, -0.05) is 6.07 Å². The molecule has 0 heterocycles. The minimum absolute atomic E-state index is 0.0124. The van der Waals surface area contributed by atoms with Crippen molar-refractivity contribution >= 4 is 17.3 Å². The molecule has 0 bridgehead atoms. The lowest BCUT2D eigenvalue weighted by molar-refractivity contribution is -0.119. The van der Waals surface area contributed by atoms with E-state index in [4.69, 9.17) is 10.5 Å². The van der Waals surface area contributed by atoms with Gasteiger partial charge in [-0.3, -0.25) is 4.79 Å². The van der Waals surface area contributed by atoms with Gasteiger partial charge in [-0.15, -0.1) is 0 Å². The second-order valence-corrected chi connectivity index (χ2v) is 3.86. The minimum atomic E-state index is -0.0124. The highest BCUT2D eigenvalue weighted by Crippen LogP contribution is 2.31. The fourth-order valence-electron chi connectivity index (χ4n) is 1.78. The lowest BCUT2D eigenvalue weighted by Crippen LogP contribution is -2.37. The summed E-state index contributed by atoms with van der Waals surface area (Å²) in [6.07, 6.45) is 0. The van der Waals surface area contributed by atoms with Gasteiger partial charge < -0.3 is 20.7 Å². The van der Waals surface area contributed by atoms with Gasteiger partial charge in [0.05, 0.1) is 25.0 Å². The minimum Gasteiger partial charge on any atom is -0.495 e. The van der Waals surface area contributed by atoms with Crippen LogP contribution in [0, 0.1) is 0 Å². The number of methoxy groups -OCH3 is 1. The topological polar surface area (TPSA) is 67.6 Å². The van der Waals surface area contributed by atoms with Crippen molar-refractivity contribution in [1.82, 2.24) is 5.32 Å². The quantitative estimate of drug-likeness (QED) is 0.746. The van der Waals surface area contributed by atoms with Crippen LogP contribution in [0.1, 0.15) is 13.8 Å². The first kappa shape index (κ1) is 14.2. The smallest absolute Gasteiger partial charge is 0.239 e. The van der Waals surface area contributed by atoms with Crippen LogP contribution in [0.15, 0.2) is 18.2 Å². The zero-order valence-corrected chi connectivity index (χ0v) is 11.2. The van der Waals surface area contributed by atoms with Crippen LogP contribution >= 0.6 is 0 Å². The van der Waals surface area contributed by atoms with Crippen LogP contribution in [0.4, 0.5) is 11.4 Å². The number of hydrogen-bond donors (Lipinski definition) is 2. The van der Waals surface area contributed by atoms with Gasteiger partial charge in [0.1, 0.15) is 5.75 Å². The average Bonchev–Trinajstić information content (AvgIpc) is 2.37. The van der Waals surface area contributed by atoms with E-state index >= 15 is 0 Å². The number of nitrogens with one attached hydrogen (secondary N) is 1. The van der Waals surface area contributed by atoms with Gasteiger partial charge in [0.2, 0.25) is 5.91 Å². The number of hydrogen-bond acceptors (Lipinski definition) is 4. The molecule has 5 heteroatoms. The molecule has 0 atom stereocenters.